The Morgan fingerprint density at radius 1 is 1.27 bits per heavy atom. The minimum atomic E-state index is -0.106. The van der Waals surface area contributed by atoms with Gasteiger partial charge in [-0.15, -0.1) is 0 Å². The summed E-state index contributed by atoms with van der Waals surface area (Å²) in [6, 6.07) is 5.30. The number of amides is 1. The van der Waals surface area contributed by atoms with Crippen molar-refractivity contribution in [3.8, 4) is 5.88 Å². The number of carbonyl (C=O) groups is 1. The van der Waals surface area contributed by atoms with Crippen molar-refractivity contribution in [2.75, 3.05) is 43.6 Å². The van der Waals surface area contributed by atoms with E-state index < -0.39 is 0 Å². The van der Waals surface area contributed by atoms with E-state index in [0.717, 1.165) is 19.4 Å². The van der Waals surface area contributed by atoms with Crippen LogP contribution in [0.5, 0.6) is 5.88 Å². The molecule has 2 aromatic rings. The van der Waals surface area contributed by atoms with Gasteiger partial charge in [0.25, 0.3) is 0 Å². The maximum absolute atomic E-state index is 12.6. The molecule has 1 saturated heterocycles. The third kappa shape index (κ3) is 4.89. The van der Waals surface area contributed by atoms with E-state index in [9.17, 15) is 4.79 Å². The second-order valence-corrected chi connectivity index (χ2v) is 6.05. The van der Waals surface area contributed by atoms with E-state index in [-0.39, 0.29) is 11.8 Å². The fourth-order valence-electron chi connectivity index (χ4n) is 2.84. The van der Waals surface area contributed by atoms with Crippen molar-refractivity contribution in [3.63, 3.8) is 0 Å². The zero-order valence-electron chi connectivity index (χ0n) is 14.8. The summed E-state index contributed by atoms with van der Waals surface area (Å²) in [6.45, 7) is 2.42. The zero-order chi connectivity index (χ0) is 18.2. The summed E-state index contributed by atoms with van der Waals surface area (Å²) in [4.78, 5) is 27.4. The van der Waals surface area contributed by atoms with Crippen LogP contribution in [0.2, 0.25) is 0 Å². The van der Waals surface area contributed by atoms with Gasteiger partial charge in [0.05, 0.1) is 24.4 Å². The summed E-state index contributed by atoms with van der Waals surface area (Å²) in [5, 5.41) is 2.93. The summed E-state index contributed by atoms with van der Waals surface area (Å²) < 4.78 is 10.3. The molecule has 1 unspecified atom stereocenters. The average Bonchev–Trinajstić information content (AvgIpc) is 2.70. The molecular formula is C18H23N5O3. The maximum atomic E-state index is 12.6. The van der Waals surface area contributed by atoms with Crippen molar-refractivity contribution in [2.24, 2.45) is 5.92 Å². The van der Waals surface area contributed by atoms with Crippen LogP contribution in [0, 0.1) is 5.92 Å². The molecule has 8 heteroatoms. The maximum Gasteiger partial charge on any atom is 0.229 e. The highest BCUT2D eigenvalue weighted by Crippen LogP contribution is 2.21. The lowest BCUT2D eigenvalue weighted by molar-refractivity contribution is -0.120. The molecule has 1 amide bonds. The molecule has 0 bridgehead atoms. The van der Waals surface area contributed by atoms with E-state index in [0.29, 0.717) is 37.3 Å². The van der Waals surface area contributed by atoms with Gasteiger partial charge < -0.3 is 19.7 Å². The smallest absolute Gasteiger partial charge is 0.229 e. The quantitative estimate of drug-likeness (QED) is 0.755. The number of nitrogens with one attached hydrogen (secondary N) is 1. The van der Waals surface area contributed by atoms with Crippen LogP contribution in [0.25, 0.3) is 0 Å². The van der Waals surface area contributed by atoms with Crippen LogP contribution >= 0.6 is 0 Å². The third-order valence-corrected chi connectivity index (χ3v) is 4.17. The van der Waals surface area contributed by atoms with Gasteiger partial charge in [0.15, 0.2) is 0 Å². The Hall–Kier alpha value is -2.74. The number of carbonyl (C=O) groups excluding carboxylic acids is 1. The van der Waals surface area contributed by atoms with Gasteiger partial charge >= 0.3 is 0 Å². The molecule has 1 N–H and O–H groups in total. The summed E-state index contributed by atoms with van der Waals surface area (Å²) in [6.07, 6.45) is 6.81. The highest BCUT2D eigenvalue weighted by Gasteiger charge is 2.27. The molecule has 2 aromatic heterocycles. The number of methoxy groups -OCH3 is 1. The van der Waals surface area contributed by atoms with Crippen molar-refractivity contribution < 1.29 is 14.3 Å². The summed E-state index contributed by atoms with van der Waals surface area (Å²) >= 11 is 0. The van der Waals surface area contributed by atoms with E-state index in [1.807, 2.05) is 0 Å². The van der Waals surface area contributed by atoms with Crippen LogP contribution in [0.1, 0.15) is 12.8 Å². The molecule has 1 aliphatic heterocycles. The summed E-state index contributed by atoms with van der Waals surface area (Å²) in [5.74, 6) is 1.06. The highest BCUT2D eigenvalue weighted by molar-refractivity contribution is 5.92. The van der Waals surface area contributed by atoms with Crippen LogP contribution in [-0.2, 0) is 9.53 Å². The molecular weight excluding hydrogens is 334 g/mol. The van der Waals surface area contributed by atoms with Gasteiger partial charge in [-0.2, -0.15) is 0 Å². The van der Waals surface area contributed by atoms with E-state index in [4.69, 9.17) is 9.47 Å². The number of aromatic nitrogens is 3. The minimum Gasteiger partial charge on any atom is -0.475 e. The Kier molecular flexibility index (Phi) is 6.32. The van der Waals surface area contributed by atoms with Gasteiger partial charge in [0.1, 0.15) is 6.61 Å². The topological polar surface area (TPSA) is 89.5 Å². The molecule has 3 heterocycles. The van der Waals surface area contributed by atoms with Gasteiger partial charge in [-0.3, -0.25) is 4.79 Å². The number of pyridine rings is 1. The summed E-state index contributed by atoms with van der Waals surface area (Å²) in [5.41, 5.74) is 0.655. The van der Waals surface area contributed by atoms with Crippen molar-refractivity contribution in [2.45, 2.75) is 12.8 Å². The molecule has 0 radical (unpaired) electrons. The van der Waals surface area contributed by atoms with E-state index in [1.54, 1.807) is 43.9 Å². The van der Waals surface area contributed by atoms with E-state index in [1.165, 1.54) is 0 Å². The molecule has 0 aliphatic carbocycles. The van der Waals surface area contributed by atoms with Gasteiger partial charge in [0, 0.05) is 38.7 Å². The molecule has 0 spiro atoms. The fourth-order valence-corrected chi connectivity index (χ4v) is 2.84. The van der Waals surface area contributed by atoms with Gasteiger partial charge in [-0.05, 0) is 25.0 Å². The molecule has 3 rings (SSSR count). The highest BCUT2D eigenvalue weighted by atomic mass is 16.5. The number of ether oxygens (including phenoxy) is 2. The molecule has 8 nitrogen and oxygen atoms in total. The second kappa shape index (κ2) is 9.10. The standard InChI is InChI=1S/C18H23N5O3/c1-25-10-11-26-16-6-5-15(12-21-16)22-17(24)14-4-2-9-23(13-14)18-19-7-3-8-20-18/h3,5-8,12,14H,2,4,9-11,13H2,1H3,(H,22,24). The lowest BCUT2D eigenvalue weighted by atomic mass is 9.97. The number of rotatable bonds is 7. The van der Waals surface area contributed by atoms with Crippen LogP contribution in [0.3, 0.4) is 0 Å². The SMILES string of the molecule is COCCOc1ccc(NC(=O)C2CCCN(c3ncccn3)C2)cn1. The Morgan fingerprint density at radius 3 is 2.85 bits per heavy atom. The molecule has 1 atom stereocenters. The van der Waals surface area contributed by atoms with Crippen LogP contribution in [0.15, 0.2) is 36.8 Å². The largest absolute Gasteiger partial charge is 0.475 e. The van der Waals surface area contributed by atoms with Crippen molar-refractivity contribution in [1.82, 2.24) is 15.0 Å². The lowest BCUT2D eigenvalue weighted by Gasteiger charge is -2.31. The first-order chi connectivity index (χ1) is 12.8. The third-order valence-electron chi connectivity index (χ3n) is 4.17. The summed E-state index contributed by atoms with van der Waals surface area (Å²) in [7, 11) is 1.62. The molecule has 138 valence electrons. The van der Waals surface area contributed by atoms with Gasteiger partial charge in [0.2, 0.25) is 17.7 Å². The minimum absolute atomic E-state index is 0.0134. The molecule has 1 aliphatic rings. The van der Waals surface area contributed by atoms with Crippen LogP contribution < -0.4 is 15.0 Å². The number of piperidine rings is 1. The van der Waals surface area contributed by atoms with Gasteiger partial charge in [-0.1, -0.05) is 0 Å². The first-order valence-corrected chi connectivity index (χ1v) is 8.67. The first-order valence-electron chi connectivity index (χ1n) is 8.67. The van der Waals surface area contributed by atoms with E-state index >= 15 is 0 Å². The number of hydrogen-bond donors (Lipinski definition) is 1. The fraction of sp³-hybridized carbons (Fsp3) is 0.444. The second-order valence-electron chi connectivity index (χ2n) is 6.05. The Balaban J connectivity index is 1.54. The number of hydrogen-bond acceptors (Lipinski definition) is 7. The normalized spacial score (nSPS) is 17.0. The Bertz CT molecular complexity index is 696. The predicted octanol–water partition coefficient (Wildman–Crippen LogP) is 1.75. The van der Waals surface area contributed by atoms with Crippen molar-refractivity contribution in [1.29, 1.82) is 0 Å². The Labute approximate surface area is 152 Å². The van der Waals surface area contributed by atoms with Gasteiger partial charge in [-0.25, -0.2) is 15.0 Å². The monoisotopic (exact) mass is 357 g/mol. The molecule has 0 saturated carbocycles. The van der Waals surface area contributed by atoms with Crippen LogP contribution in [-0.4, -0.2) is 54.3 Å². The average molecular weight is 357 g/mol. The van der Waals surface area contributed by atoms with Crippen molar-refractivity contribution in [3.05, 3.63) is 36.8 Å². The first kappa shape index (κ1) is 18.1. The predicted molar refractivity (Wildman–Crippen MR) is 97.2 cm³/mol. The number of nitrogens with zero attached hydrogens (tertiary/aromatic N) is 4. The number of anilines is 2. The molecule has 1 fully saturated rings. The molecule has 0 aromatic carbocycles. The Morgan fingerprint density at radius 2 is 2.12 bits per heavy atom. The lowest BCUT2D eigenvalue weighted by Crippen LogP contribution is -2.41. The van der Waals surface area contributed by atoms with E-state index in [2.05, 4.69) is 25.2 Å². The van der Waals surface area contributed by atoms with Crippen molar-refractivity contribution >= 4 is 17.5 Å². The van der Waals surface area contributed by atoms with Crippen LogP contribution in [0.4, 0.5) is 11.6 Å². The molecule has 26 heavy (non-hydrogen) atoms. The zero-order valence-corrected chi connectivity index (χ0v) is 14.8.